The van der Waals surface area contributed by atoms with Gasteiger partial charge in [0, 0.05) is 44.8 Å². The average Bonchev–Trinajstić information content (AvgIpc) is 3.06. The number of aromatic hydroxyl groups is 1. The number of nitrogens with zero attached hydrogens (tertiary/aromatic N) is 2. The molecule has 1 N–H and O–H groups in total. The molecule has 0 unspecified atom stereocenters. The van der Waals surface area contributed by atoms with Crippen molar-refractivity contribution in [2.24, 2.45) is 0 Å². The number of hydrogen-bond acceptors (Lipinski definition) is 5. The Balaban J connectivity index is 1.31. The number of piperazine rings is 1. The van der Waals surface area contributed by atoms with Crippen LogP contribution in [0.2, 0.25) is 0 Å². The number of para-hydroxylation sites is 1. The number of hydrogen-bond donors (Lipinski definition) is 1. The van der Waals surface area contributed by atoms with Crippen molar-refractivity contribution in [3.63, 3.8) is 0 Å². The third kappa shape index (κ3) is 3.32. The number of phenols is 1. The fourth-order valence-corrected chi connectivity index (χ4v) is 3.29. The van der Waals surface area contributed by atoms with Gasteiger partial charge in [0.2, 0.25) is 6.79 Å². The van der Waals surface area contributed by atoms with E-state index in [-0.39, 0.29) is 0 Å². The lowest BCUT2D eigenvalue weighted by Crippen LogP contribution is -2.45. The molecule has 0 amide bonds. The van der Waals surface area contributed by atoms with E-state index < -0.39 is 0 Å². The van der Waals surface area contributed by atoms with Crippen molar-refractivity contribution in [3.8, 4) is 17.2 Å². The van der Waals surface area contributed by atoms with Crippen molar-refractivity contribution in [1.29, 1.82) is 0 Å². The summed E-state index contributed by atoms with van der Waals surface area (Å²) in [4.78, 5) is 4.85. The molecule has 24 heavy (non-hydrogen) atoms. The SMILES string of the molecule is Oc1ccccc1CN1CCN(Cc2ccc3c(c2)OCO3)CC1. The van der Waals surface area contributed by atoms with Crippen LogP contribution < -0.4 is 9.47 Å². The monoisotopic (exact) mass is 326 g/mol. The van der Waals surface area contributed by atoms with Crippen molar-refractivity contribution < 1.29 is 14.6 Å². The first-order valence-electron chi connectivity index (χ1n) is 8.38. The van der Waals surface area contributed by atoms with Gasteiger partial charge >= 0.3 is 0 Å². The highest BCUT2D eigenvalue weighted by molar-refractivity contribution is 5.44. The highest BCUT2D eigenvalue weighted by Gasteiger charge is 2.19. The van der Waals surface area contributed by atoms with Crippen LogP contribution in [0.4, 0.5) is 0 Å². The molecule has 126 valence electrons. The molecule has 4 rings (SSSR count). The Bertz CT molecular complexity index is 712. The number of rotatable bonds is 4. The predicted molar refractivity (Wildman–Crippen MR) is 91.2 cm³/mol. The van der Waals surface area contributed by atoms with Gasteiger partial charge in [0.05, 0.1) is 0 Å². The van der Waals surface area contributed by atoms with E-state index in [4.69, 9.17) is 9.47 Å². The van der Waals surface area contributed by atoms with Crippen molar-refractivity contribution in [2.75, 3.05) is 33.0 Å². The maximum atomic E-state index is 9.91. The van der Waals surface area contributed by atoms with Crippen LogP contribution in [0.5, 0.6) is 17.2 Å². The molecule has 0 saturated carbocycles. The van der Waals surface area contributed by atoms with Crippen LogP contribution in [0.1, 0.15) is 11.1 Å². The second-order valence-corrected chi connectivity index (χ2v) is 6.37. The van der Waals surface area contributed by atoms with Crippen LogP contribution in [0, 0.1) is 0 Å². The zero-order valence-corrected chi connectivity index (χ0v) is 13.6. The predicted octanol–water partition coefficient (Wildman–Crippen LogP) is 2.44. The second-order valence-electron chi connectivity index (χ2n) is 6.37. The smallest absolute Gasteiger partial charge is 0.231 e. The van der Waals surface area contributed by atoms with Gasteiger partial charge in [-0.3, -0.25) is 9.80 Å². The van der Waals surface area contributed by atoms with Crippen molar-refractivity contribution in [3.05, 3.63) is 53.6 Å². The highest BCUT2D eigenvalue weighted by Crippen LogP contribution is 2.32. The second kappa shape index (κ2) is 6.71. The van der Waals surface area contributed by atoms with Crippen molar-refractivity contribution in [2.45, 2.75) is 13.1 Å². The quantitative estimate of drug-likeness (QED) is 0.935. The number of ether oxygens (including phenoxy) is 2. The molecule has 2 aliphatic rings. The molecule has 0 atom stereocenters. The van der Waals surface area contributed by atoms with E-state index in [2.05, 4.69) is 21.9 Å². The molecule has 2 aromatic rings. The first-order valence-corrected chi connectivity index (χ1v) is 8.38. The number of fused-ring (bicyclic) bond motifs is 1. The third-order valence-electron chi connectivity index (χ3n) is 4.69. The molecule has 5 heteroatoms. The molecule has 1 saturated heterocycles. The van der Waals surface area contributed by atoms with Crippen LogP contribution in [0.15, 0.2) is 42.5 Å². The molecule has 0 radical (unpaired) electrons. The van der Waals surface area contributed by atoms with Crippen molar-refractivity contribution >= 4 is 0 Å². The molecule has 2 aliphatic heterocycles. The normalized spacial score (nSPS) is 18.0. The van der Waals surface area contributed by atoms with E-state index in [9.17, 15) is 5.11 Å². The Kier molecular flexibility index (Phi) is 4.28. The summed E-state index contributed by atoms with van der Waals surface area (Å²) in [6.45, 7) is 6.15. The summed E-state index contributed by atoms with van der Waals surface area (Å²) in [5, 5.41) is 9.91. The molecule has 2 heterocycles. The van der Waals surface area contributed by atoms with Crippen molar-refractivity contribution in [1.82, 2.24) is 9.80 Å². The van der Waals surface area contributed by atoms with E-state index in [1.54, 1.807) is 6.07 Å². The zero-order chi connectivity index (χ0) is 16.4. The Hall–Kier alpha value is -2.24. The van der Waals surface area contributed by atoms with E-state index in [1.807, 2.05) is 24.3 Å². The molecule has 2 aromatic carbocycles. The molecular weight excluding hydrogens is 304 g/mol. The fourth-order valence-electron chi connectivity index (χ4n) is 3.29. The minimum atomic E-state index is 0.323. The van der Waals surface area contributed by atoms with Crippen LogP contribution in [-0.4, -0.2) is 47.9 Å². The van der Waals surface area contributed by atoms with E-state index in [0.717, 1.165) is 56.3 Å². The Labute approximate surface area is 142 Å². The van der Waals surface area contributed by atoms with Gasteiger partial charge in [0.1, 0.15) is 5.75 Å². The maximum Gasteiger partial charge on any atom is 0.231 e. The van der Waals surface area contributed by atoms with Gasteiger partial charge in [0.25, 0.3) is 0 Å². The van der Waals surface area contributed by atoms with E-state index >= 15 is 0 Å². The molecule has 1 fully saturated rings. The van der Waals surface area contributed by atoms with E-state index in [0.29, 0.717) is 12.5 Å². The number of phenolic OH excluding ortho intramolecular Hbond substituents is 1. The summed E-state index contributed by atoms with van der Waals surface area (Å²) >= 11 is 0. The van der Waals surface area contributed by atoms with Crippen LogP contribution in [0.25, 0.3) is 0 Å². The molecular formula is C19H22N2O3. The summed E-state index contributed by atoms with van der Waals surface area (Å²) in [6, 6.07) is 13.8. The largest absolute Gasteiger partial charge is 0.508 e. The topological polar surface area (TPSA) is 45.2 Å². The Morgan fingerprint density at radius 2 is 1.54 bits per heavy atom. The lowest BCUT2D eigenvalue weighted by atomic mass is 10.1. The molecule has 0 aromatic heterocycles. The first kappa shape index (κ1) is 15.3. The standard InChI is InChI=1S/C19H22N2O3/c22-17-4-2-1-3-16(17)13-21-9-7-20(8-10-21)12-15-5-6-18-19(11-15)24-14-23-18/h1-6,11,22H,7-10,12-14H2. The fraction of sp³-hybridized carbons (Fsp3) is 0.368. The minimum absolute atomic E-state index is 0.323. The Morgan fingerprint density at radius 1 is 0.833 bits per heavy atom. The first-order chi connectivity index (χ1) is 11.8. The third-order valence-corrected chi connectivity index (χ3v) is 4.69. The Morgan fingerprint density at radius 3 is 2.33 bits per heavy atom. The molecule has 0 aliphatic carbocycles. The summed E-state index contributed by atoms with van der Waals surface area (Å²) in [5.74, 6) is 2.08. The van der Waals surface area contributed by atoms with Crippen LogP contribution in [-0.2, 0) is 13.1 Å². The zero-order valence-electron chi connectivity index (χ0n) is 13.6. The lowest BCUT2D eigenvalue weighted by Gasteiger charge is -2.34. The van der Waals surface area contributed by atoms with Crippen LogP contribution in [0.3, 0.4) is 0 Å². The minimum Gasteiger partial charge on any atom is -0.508 e. The summed E-state index contributed by atoms with van der Waals surface area (Å²) in [5.41, 5.74) is 2.26. The highest BCUT2D eigenvalue weighted by atomic mass is 16.7. The lowest BCUT2D eigenvalue weighted by molar-refractivity contribution is 0.121. The van der Waals surface area contributed by atoms with E-state index in [1.165, 1.54) is 5.56 Å². The maximum absolute atomic E-state index is 9.91. The number of benzene rings is 2. The summed E-state index contributed by atoms with van der Waals surface area (Å²) < 4.78 is 10.8. The van der Waals surface area contributed by atoms with Crippen LogP contribution >= 0.6 is 0 Å². The van der Waals surface area contributed by atoms with Gasteiger partial charge in [-0.2, -0.15) is 0 Å². The molecule has 5 nitrogen and oxygen atoms in total. The van der Waals surface area contributed by atoms with Gasteiger partial charge in [0.15, 0.2) is 11.5 Å². The molecule has 0 spiro atoms. The average molecular weight is 326 g/mol. The molecule has 0 bridgehead atoms. The van der Waals surface area contributed by atoms with Gasteiger partial charge in [-0.25, -0.2) is 0 Å². The van der Waals surface area contributed by atoms with Gasteiger partial charge < -0.3 is 14.6 Å². The van der Waals surface area contributed by atoms with Gasteiger partial charge in [-0.05, 0) is 23.8 Å². The summed E-state index contributed by atoms with van der Waals surface area (Å²) in [6.07, 6.45) is 0. The summed E-state index contributed by atoms with van der Waals surface area (Å²) in [7, 11) is 0. The van der Waals surface area contributed by atoms with Gasteiger partial charge in [-0.1, -0.05) is 24.3 Å². The van der Waals surface area contributed by atoms with Gasteiger partial charge in [-0.15, -0.1) is 0 Å².